The molecule has 0 aliphatic carbocycles. The number of aromatic nitrogens is 2. The Balaban J connectivity index is 1.76. The summed E-state index contributed by atoms with van der Waals surface area (Å²) in [5.74, 6) is 1.62. The Morgan fingerprint density at radius 3 is 2.61 bits per heavy atom. The number of nitrogens with one attached hydrogen (secondary N) is 1. The van der Waals surface area contributed by atoms with Gasteiger partial charge in [-0.3, -0.25) is 4.79 Å². The number of hydrogen-bond acceptors (Lipinski definition) is 7. The maximum Gasteiger partial charge on any atom is 0.259 e. The Labute approximate surface area is 181 Å². The van der Waals surface area contributed by atoms with E-state index in [0.717, 1.165) is 6.42 Å². The van der Waals surface area contributed by atoms with Crippen molar-refractivity contribution in [3.63, 3.8) is 0 Å². The van der Waals surface area contributed by atoms with E-state index in [9.17, 15) is 4.79 Å². The molecule has 164 valence electrons. The Morgan fingerprint density at radius 2 is 1.87 bits per heavy atom. The molecule has 1 amide bonds. The smallest absolute Gasteiger partial charge is 0.259 e. The van der Waals surface area contributed by atoms with Crippen LogP contribution in [0.1, 0.15) is 30.6 Å². The van der Waals surface area contributed by atoms with Gasteiger partial charge >= 0.3 is 0 Å². The Hall–Kier alpha value is -3.39. The summed E-state index contributed by atoms with van der Waals surface area (Å²) in [7, 11) is 3.14. The second-order valence-corrected chi connectivity index (χ2v) is 7.07. The van der Waals surface area contributed by atoms with E-state index in [1.165, 1.54) is 0 Å². The minimum Gasteiger partial charge on any atom is -0.493 e. The molecule has 0 aliphatic heterocycles. The molecule has 0 spiro atoms. The largest absolute Gasteiger partial charge is 0.493 e. The minimum atomic E-state index is -0.203. The summed E-state index contributed by atoms with van der Waals surface area (Å²) in [5, 5.41) is 6.98. The molecule has 3 aromatic rings. The highest BCUT2D eigenvalue weighted by atomic mass is 16.5. The molecule has 0 unspecified atom stereocenters. The van der Waals surface area contributed by atoms with Crippen LogP contribution < -0.4 is 14.8 Å². The summed E-state index contributed by atoms with van der Waals surface area (Å²) in [6.07, 6.45) is 0.907. The highest BCUT2D eigenvalue weighted by Gasteiger charge is 2.18. The second kappa shape index (κ2) is 10.6. The molecule has 1 aromatic heterocycles. The summed E-state index contributed by atoms with van der Waals surface area (Å²) >= 11 is 0. The molecular formula is C23H27N3O5. The Bertz CT molecular complexity index is 1020. The third-order valence-corrected chi connectivity index (χ3v) is 4.53. The van der Waals surface area contributed by atoms with Gasteiger partial charge in [0.05, 0.1) is 31.5 Å². The van der Waals surface area contributed by atoms with Gasteiger partial charge in [0.15, 0.2) is 11.5 Å². The van der Waals surface area contributed by atoms with Crippen LogP contribution in [0.15, 0.2) is 47.0 Å². The van der Waals surface area contributed by atoms with Crippen LogP contribution in [0.25, 0.3) is 22.8 Å². The van der Waals surface area contributed by atoms with E-state index in [2.05, 4.69) is 15.5 Å². The van der Waals surface area contributed by atoms with E-state index < -0.39 is 0 Å². The van der Waals surface area contributed by atoms with Crippen molar-refractivity contribution in [2.75, 3.05) is 27.4 Å². The van der Waals surface area contributed by atoms with Gasteiger partial charge in [0.1, 0.15) is 0 Å². The molecule has 2 aromatic carbocycles. The van der Waals surface area contributed by atoms with Gasteiger partial charge in [-0.25, -0.2) is 0 Å². The van der Waals surface area contributed by atoms with E-state index >= 15 is 0 Å². The van der Waals surface area contributed by atoms with Gasteiger partial charge in [-0.1, -0.05) is 17.3 Å². The Morgan fingerprint density at radius 1 is 1.10 bits per heavy atom. The topological polar surface area (TPSA) is 95.7 Å². The summed E-state index contributed by atoms with van der Waals surface area (Å²) in [6.45, 7) is 5.07. The number of rotatable bonds is 10. The third-order valence-electron chi connectivity index (χ3n) is 4.53. The maximum atomic E-state index is 12.7. The van der Waals surface area contributed by atoms with E-state index in [4.69, 9.17) is 18.7 Å². The van der Waals surface area contributed by atoms with Gasteiger partial charge in [-0.15, -0.1) is 0 Å². The average Bonchev–Trinajstić information content (AvgIpc) is 3.28. The predicted molar refractivity (Wildman–Crippen MR) is 116 cm³/mol. The SMILES string of the molecule is COc1ccc(-c2noc(-c3ccccc3C(=O)NCCCOC(C)C)n2)cc1OC. The van der Waals surface area contributed by atoms with Crippen LogP contribution in [-0.2, 0) is 4.74 Å². The third kappa shape index (κ3) is 5.61. The number of amides is 1. The van der Waals surface area contributed by atoms with Crippen LogP contribution in [0, 0.1) is 0 Å². The molecule has 0 atom stereocenters. The van der Waals surface area contributed by atoms with E-state index in [0.29, 0.717) is 47.2 Å². The van der Waals surface area contributed by atoms with Crippen LogP contribution in [0.3, 0.4) is 0 Å². The molecule has 0 radical (unpaired) electrons. The number of methoxy groups -OCH3 is 2. The zero-order valence-corrected chi connectivity index (χ0v) is 18.2. The van der Waals surface area contributed by atoms with Crippen molar-refractivity contribution < 1.29 is 23.5 Å². The lowest BCUT2D eigenvalue weighted by Crippen LogP contribution is -2.26. The summed E-state index contributed by atoms with van der Waals surface area (Å²) in [5.41, 5.74) is 1.74. The molecule has 3 rings (SSSR count). The standard InChI is InChI=1S/C23H27N3O5/c1-15(2)30-13-7-12-24-22(27)17-8-5-6-9-18(17)23-25-21(26-31-23)16-10-11-19(28-3)20(14-16)29-4/h5-6,8-11,14-15H,7,12-13H2,1-4H3,(H,24,27). The molecule has 0 bridgehead atoms. The molecule has 1 heterocycles. The summed E-state index contributed by atoms with van der Waals surface area (Å²) < 4.78 is 21.6. The highest BCUT2D eigenvalue weighted by molar-refractivity contribution is 6.00. The minimum absolute atomic E-state index is 0.175. The lowest BCUT2D eigenvalue weighted by Gasteiger charge is -2.09. The molecule has 0 fully saturated rings. The number of ether oxygens (including phenoxy) is 3. The molecule has 0 aliphatic rings. The van der Waals surface area contributed by atoms with Crippen molar-refractivity contribution in [2.24, 2.45) is 0 Å². The number of nitrogens with zero attached hydrogens (tertiary/aromatic N) is 2. The fourth-order valence-corrected chi connectivity index (χ4v) is 2.98. The number of benzene rings is 2. The molecule has 8 nitrogen and oxygen atoms in total. The normalized spacial score (nSPS) is 10.9. The molecular weight excluding hydrogens is 398 g/mol. The number of carbonyl (C=O) groups is 1. The number of hydrogen-bond donors (Lipinski definition) is 1. The van der Waals surface area contributed by atoms with Crippen molar-refractivity contribution in [3.8, 4) is 34.3 Å². The lowest BCUT2D eigenvalue weighted by atomic mass is 10.1. The van der Waals surface area contributed by atoms with Crippen molar-refractivity contribution in [1.82, 2.24) is 15.5 Å². The van der Waals surface area contributed by atoms with Crippen LogP contribution in [0.5, 0.6) is 11.5 Å². The first-order valence-electron chi connectivity index (χ1n) is 10.1. The lowest BCUT2D eigenvalue weighted by molar-refractivity contribution is 0.0757. The van der Waals surface area contributed by atoms with Gasteiger partial charge in [0.25, 0.3) is 11.8 Å². The Kier molecular flexibility index (Phi) is 7.61. The first-order valence-corrected chi connectivity index (χ1v) is 10.1. The van der Waals surface area contributed by atoms with E-state index in [1.807, 2.05) is 26.0 Å². The van der Waals surface area contributed by atoms with Gasteiger partial charge in [0, 0.05) is 18.7 Å². The van der Waals surface area contributed by atoms with Crippen LogP contribution >= 0.6 is 0 Å². The first-order chi connectivity index (χ1) is 15.0. The summed E-state index contributed by atoms with van der Waals surface area (Å²) in [6, 6.07) is 12.5. The summed E-state index contributed by atoms with van der Waals surface area (Å²) in [4.78, 5) is 17.2. The van der Waals surface area contributed by atoms with Gasteiger partial charge in [-0.2, -0.15) is 4.98 Å². The molecule has 31 heavy (non-hydrogen) atoms. The van der Waals surface area contributed by atoms with Crippen LogP contribution in [-0.4, -0.2) is 49.5 Å². The average molecular weight is 425 g/mol. The molecule has 0 saturated carbocycles. The molecule has 8 heteroatoms. The van der Waals surface area contributed by atoms with Crippen LogP contribution in [0.4, 0.5) is 0 Å². The van der Waals surface area contributed by atoms with E-state index in [-0.39, 0.29) is 17.9 Å². The van der Waals surface area contributed by atoms with Gasteiger partial charge in [-0.05, 0) is 50.6 Å². The fourth-order valence-electron chi connectivity index (χ4n) is 2.98. The van der Waals surface area contributed by atoms with Crippen molar-refractivity contribution in [2.45, 2.75) is 26.4 Å². The molecule has 1 N–H and O–H groups in total. The second-order valence-electron chi connectivity index (χ2n) is 7.07. The molecule has 0 saturated heterocycles. The fraction of sp³-hybridized carbons (Fsp3) is 0.348. The zero-order valence-electron chi connectivity index (χ0n) is 18.2. The number of carbonyl (C=O) groups excluding carboxylic acids is 1. The van der Waals surface area contributed by atoms with Crippen molar-refractivity contribution in [1.29, 1.82) is 0 Å². The van der Waals surface area contributed by atoms with E-state index in [1.54, 1.807) is 44.6 Å². The highest BCUT2D eigenvalue weighted by Crippen LogP contribution is 2.32. The van der Waals surface area contributed by atoms with Crippen LogP contribution in [0.2, 0.25) is 0 Å². The zero-order chi connectivity index (χ0) is 22.2. The van der Waals surface area contributed by atoms with Gasteiger partial charge < -0.3 is 24.1 Å². The van der Waals surface area contributed by atoms with Gasteiger partial charge in [0.2, 0.25) is 5.82 Å². The monoisotopic (exact) mass is 425 g/mol. The van der Waals surface area contributed by atoms with Crippen molar-refractivity contribution >= 4 is 5.91 Å². The maximum absolute atomic E-state index is 12.7. The van der Waals surface area contributed by atoms with Crippen molar-refractivity contribution in [3.05, 3.63) is 48.0 Å². The quantitative estimate of drug-likeness (QED) is 0.491. The first kappa shape index (κ1) is 22.3. The predicted octanol–water partition coefficient (Wildman–Crippen LogP) is 3.97.